The summed E-state index contributed by atoms with van der Waals surface area (Å²) in [4.78, 5) is 19.4. The molecule has 3 heteroatoms. The zero-order valence-corrected chi connectivity index (χ0v) is 11.6. The highest BCUT2D eigenvalue weighted by atomic mass is 16.1. The molecule has 0 aliphatic heterocycles. The summed E-state index contributed by atoms with van der Waals surface area (Å²) >= 11 is 0. The Bertz CT molecular complexity index is 613. The topological polar surface area (TPSA) is 45.8 Å². The van der Waals surface area contributed by atoms with Crippen molar-refractivity contribution in [2.45, 2.75) is 6.92 Å². The Kier molecular flexibility index (Phi) is 5.91. The molecule has 102 valence electrons. The Morgan fingerprint density at radius 2 is 2.05 bits per heavy atom. The normalized spacial score (nSPS) is 12.4. The van der Waals surface area contributed by atoms with Crippen LogP contribution in [0.5, 0.6) is 0 Å². The van der Waals surface area contributed by atoms with E-state index in [0.717, 1.165) is 5.57 Å². The number of hydrogen-bond acceptors (Lipinski definition) is 2. The largest absolute Gasteiger partial charge is 0.335 e. The summed E-state index contributed by atoms with van der Waals surface area (Å²) in [6, 6.07) is 0. The van der Waals surface area contributed by atoms with Crippen molar-refractivity contribution in [1.82, 2.24) is 9.97 Å². The number of H-pyrrole nitrogens is 1. The highest BCUT2D eigenvalue weighted by molar-refractivity contribution is 6.09. The van der Waals surface area contributed by atoms with Crippen LogP contribution >= 0.6 is 0 Å². The number of carbonyl (C=O) groups excluding carboxylic acids is 1. The van der Waals surface area contributed by atoms with Gasteiger partial charge in [0, 0.05) is 11.1 Å². The van der Waals surface area contributed by atoms with Crippen molar-refractivity contribution in [1.29, 1.82) is 0 Å². The molecule has 1 aromatic rings. The molecule has 0 amide bonds. The molecular formula is C17H18N2O. The van der Waals surface area contributed by atoms with Gasteiger partial charge in [-0.15, -0.1) is 0 Å². The number of aromatic nitrogens is 2. The smallest absolute Gasteiger partial charge is 0.210 e. The van der Waals surface area contributed by atoms with Crippen molar-refractivity contribution in [3.8, 4) is 0 Å². The number of ketones is 1. The first kappa shape index (κ1) is 15.4. The van der Waals surface area contributed by atoms with Gasteiger partial charge >= 0.3 is 0 Å². The van der Waals surface area contributed by atoms with Crippen molar-refractivity contribution in [2.24, 2.45) is 0 Å². The van der Waals surface area contributed by atoms with Gasteiger partial charge in [-0.25, -0.2) is 4.98 Å². The number of nitrogens with zero attached hydrogens (tertiary/aromatic N) is 1. The highest BCUT2D eigenvalue weighted by Gasteiger charge is 2.13. The summed E-state index contributed by atoms with van der Waals surface area (Å²) in [6.45, 7) is 12.7. The van der Waals surface area contributed by atoms with E-state index >= 15 is 0 Å². The van der Waals surface area contributed by atoms with E-state index in [2.05, 4.69) is 29.7 Å². The van der Waals surface area contributed by atoms with Crippen molar-refractivity contribution in [3.63, 3.8) is 0 Å². The molecule has 0 aromatic carbocycles. The number of allylic oxidation sites excluding steroid dienone is 9. The molecular weight excluding hydrogens is 248 g/mol. The van der Waals surface area contributed by atoms with Crippen LogP contribution in [0.3, 0.4) is 0 Å². The van der Waals surface area contributed by atoms with Gasteiger partial charge in [0.05, 0.1) is 6.20 Å². The Morgan fingerprint density at radius 3 is 2.60 bits per heavy atom. The second-order valence-electron chi connectivity index (χ2n) is 3.88. The second kappa shape index (κ2) is 7.69. The monoisotopic (exact) mass is 266 g/mol. The fourth-order valence-electron chi connectivity index (χ4n) is 1.59. The molecule has 0 bridgehead atoms. The van der Waals surface area contributed by atoms with Gasteiger partial charge in [-0.2, -0.15) is 0 Å². The summed E-state index contributed by atoms with van der Waals surface area (Å²) in [5.41, 5.74) is 1.77. The summed E-state index contributed by atoms with van der Waals surface area (Å²) in [5, 5.41) is 0. The molecule has 20 heavy (non-hydrogen) atoms. The molecule has 0 saturated heterocycles. The van der Waals surface area contributed by atoms with E-state index in [-0.39, 0.29) is 5.78 Å². The van der Waals surface area contributed by atoms with Crippen molar-refractivity contribution < 1.29 is 4.79 Å². The zero-order valence-electron chi connectivity index (χ0n) is 11.6. The molecule has 0 spiro atoms. The summed E-state index contributed by atoms with van der Waals surface area (Å²) in [7, 11) is 0. The Labute approximate surface area is 119 Å². The summed E-state index contributed by atoms with van der Waals surface area (Å²) in [6.07, 6.45) is 13.4. The molecule has 0 aliphatic carbocycles. The zero-order chi connectivity index (χ0) is 15.0. The molecule has 1 N–H and O–H groups in total. The summed E-state index contributed by atoms with van der Waals surface area (Å²) < 4.78 is 0. The minimum absolute atomic E-state index is 0.165. The average Bonchev–Trinajstić information content (AvgIpc) is 2.94. The van der Waals surface area contributed by atoms with Crippen molar-refractivity contribution >= 4 is 11.4 Å². The predicted molar refractivity (Wildman–Crippen MR) is 84.4 cm³/mol. The van der Waals surface area contributed by atoms with E-state index in [0.29, 0.717) is 17.1 Å². The van der Waals surface area contributed by atoms with Crippen LogP contribution in [0, 0.1) is 0 Å². The molecule has 0 atom stereocenters. The molecule has 0 fully saturated rings. The lowest BCUT2D eigenvalue weighted by Crippen LogP contribution is -2.02. The van der Waals surface area contributed by atoms with Gasteiger partial charge in [0.25, 0.3) is 0 Å². The maximum Gasteiger partial charge on any atom is 0.210 e. The minimum Gasteiger partial charge on any atom is -0.335 e. The van der Waals surface area contributed by atoms with E-state index in [1.165, 1.54) is 12.3 Å². The van der Waals surface area contributed by atoms with Gasteiger partial charge in [-0.3, -0.25) is 4.79 Å². The van der Waals surface area contributed by atoms with Gasteiger partial charge in [-0.1, -0.05) is 62.3 Å². The first-order valence-corrected chi connectivity index (χ1v) is 6.18. The van der Waals surface area contributed by atoms with Crippen LogP contribution in [0.4, 0.5) is 0 Å². The maximum absolute atomic E-state index is 12.2. The van der Waals surface area contributed by atoms with E-state index < -0.39 is 0 Å². The molecule has 0 radical (unpaired) electrons. The molecule has 1 aromatic heterocycles. The second-order valence-corrected chi connectivity index (χ2v) is 3.88. The van der Waals surface area contributed by atoms with Crippen LogP contribution in [-0.2, 0) is 0 Å². The number of imidazole rings is 1. The third-order valence-electron chi connectivity index (χ3n) is 2.60. The number of carbonyl (C=O) groups is 1. The number of nitrogens with one attached hydrogen (secondary N) is 1. The quantitative estimate of drug-likeness (QED) is 0.460. The lowest BCUT2D eigenvalue weighted by molar-refractivity contribution is 0.103. The fraction of sp³-hybridized carbons (Fsp3) is 0.0588. The van der Waals surface area contributed by atoms with Crippen LogP contribution in [-0.4, -0.2) is 15.8 Å². The third-order valence-corrected chi connectivity index (χ3v) is 2.60. The Balaban J connectivity index is 3.08. The Hall–Kier alpha value is -2.68. The third kappa shape index (κ3) is 3.65. The number of aromatic amines is 1. The van der Waals surface area contributed by atoms with Crippen LogP contribution in [0.2, 0.25) is 0 Å². The number of Topliss-reactive ketones (excluding diaryl/α,β-unsaturated/α-hetero) is 1. The first-order chi connectivity index (χ1) is 9.67. The molecule has 0 unspecified atom stereocenters. The molecule has 1 rings (SSSR count). The Morgan fingerprint density at radius 1 is 1.30 bits per heavy atom. The predicted octanol–water partition coefficient (Wildman–Crippen LogP) is 4.04. The van der Waals surface area contributed by atoms with Crippen LogP contribution in [0.15, 0.2) is 74.0 Å². The first-order valence-electron chi connectivity index (χ1n) is 6.18. The molecule has 1 heterocycles. The van der Waals surface area contributed by atoms with Gasteiger partial charge in [-0.05, 0) is 6.92 Å². The standard InChI is InChI=1S/C17H18N2O/c1-5-9-11-14(8-4)17-18-12-15(19-17)16(20)13(7-3)10-6-2/h5-12H,1-3H2,4H3,(H,18,19)/b11-9-,13-10+,14-8+. The van der Waals surface area contributed by atoms with E-state index in [4.69, 9.17) is 0 Å². The van der Waals surface area contributed by atoms with E-state index in [1.807, 2.05) is 25.2 Å². The van der Waals surface area contributed by atoms with Gasteiger partial charge in [0.2, 0.25) is 5.78 Å². The van der Waals surface area contributed by atoms with Gasteiger partial charge < -0.3 is 4.98 Å². The van der Waals surface area contributed by atoms with Crippen LogP contribution in [0.25, 0.3) is 5.57 Å². The number of hydrogen-bond donors (Lipinski definition) is 1. The van der Waals surface area contributed by atoms with Crippen molar-refractivity contribution in [3.05, 3.63) is 85.6 Å². The lowest BCUT2D eigenvalue weighted by atomic mass is 10.1. The SMILES string of the molecule is C=C/C=C\C(=C/C)c1ncc(C(=O)/C(C=C)=C/C=C)[nH]1. The number of rotatable bonds is 7. The lowest BCUT2D eigenvalue weighted by Gasteiger charge is -1.98. The minimum atomic E-state index is -0.165. The summed E-state index contributed by atoms with van der Waals surface area (Å²) in [5.74, 6) is 0.470. The van der Waals surface area contributed by atoms with Gasteiger partial charge in [0.1, 0.15) is 11.5 Å². The fourth-order valence-corrected chi connectivity index (χ4v) is 1.59. The molecule has 3 nitrogen and oxygen atoms in total. The van der Waals surface area contributed by atoms with E-state index in [9.17, 15) is 4.79 Å². The van der Waals surface area contributed by atoms with E-state index in [1.54, 1.807) is 18.2 Å². The maximum atomic E-state index is 12.2. The van der Waals surface area contributed by atoms with Crippen molar-refractivity contribution in [2.75, 3.05) is 0 Å². The van der Waals surface area contributed by atoms with Gasteiger partial charge in [0.15, 0.2) is 0 Å². The molecule has 0 aliphatic rings. The van der Waals surface area contributed by atoms with Crippen LogP contribution < -0.4 is 0 Å². The average molecular weight is 266 g/mol. The molecule has 0 saturated carbocycles. The van der Waals surface area contributed by atoms with Crippen LogP contribution in [0.1, 0.15) is 23.2 Å². The highest BCUT2D eigenvalue weighted by Crippen LogP contribution is 2.14.